The Hall–Kier alpha value is -2.63. The summed E-state index contributed by atoms with van der Waals surface area (Å²) in [6.07, 6.45) is 0.864. The highest BCUT2D eigenvalue weighted by molar-refractivity contribution is 5.98. The quantitative estimate of drug-likeness (QED) is 0.786. The van der Waals surface area contributed by atoms with E-state index in [1.807, 2.05) is 35.2 Å². The van der Waals surface area contributed by atoms with Crippen LogP contribution in [0.5, 0.6) is 0 Å². The van der Waals surface area contributed by atoms with Crippen molar-refractivity contribution < 1.29 is 4.79 Å². The van der Waals surface area contributed by atoms with Crippen LogP contribution in [-0.2, 0) is 19.5 Å². The number of carbonyl (C=O) groups excluding carboxylic acids is 1. The molecule has 3 heterocycles. The van der Waals surface area contributed by atoms with Crippen LogP contribution in [0.1, 0.15) is 29.1 Å². The lowest BCUT2D eigenvalue weighted by molar-refractivity contribution is 0.0701. The maximum Gasteiger partial charge on any atom is 0.270 e. The lowest BCUT2D eigenvalue weighted by atomic mass is 10.2. The van der Waals surface area contributed by atoms with Crippen molar-refractivity contribution in [1.29, 1.82) is 0 Å². The standard InChI is InChI=1S/C16H17N5O/c1-2-14-18-19-15-10-20(7-8-21(14)15)16(22)13-9-11-5-3-4-6-12(11)17-13/h3-6,9,17H,2,7-8,10H2,1H3. The van der Waals surface area contributed by atoms with E-state index in [0.717, 1.165) is 35.5 Å². The van der Waals surface area contributed by atoms with Crippen molar-refractivity contribution in [2.75, 3.05) is 6.54 Å². The number of aromatic amines is 1. The summed E-state index contributed by atoms with van der Waals surface area (Å²) >= 11 is 0. The van der Waals surface area contributed by atoms with Crippen LogP contribution in [0.4, 0.5) is 0 Å². The molecule has 0 saturated carbocycles. The van der Waals surface area contributed by atoms with Crippen molar-refractivity contribution in [3.8, 4) is 0 Å². The molecule has 6 heteroatoms. The second-order valence-electron chi connectivity index (χ2n) is 5.53. The van der Waals surface area contributed by atoms with Gasteiger partial charge in [0.25, 0.3) is 5.91 Å². The highest BCUT2D eigenvalue weighted by Gasteiger charge is 2.25. The topological polar surface area (TPSA) is 66.8 Å². The van der Waals surface area contributed by atoms with Crippen LogP contribution in [-0.4, -0.2) is 37.1 Å². The van der Waals surface area contributed by atoms with Crippen LogP contribution in [0.15, 0.2) is 30.3 Å². The van der Waals surface area contributed by atoms with E-state index in [-0.39, 0.29) is 5.91 Å². The Morgan fingerprint density at radius 2 is 2.14 bits per heavy atom. The fourth-order valence-electron chi connectivity index (χ4n) is 3.01. The Bertz CT molecular complexity index is 814. The minimum Gasteiger partial charge on any atom is -0.351 e. The Kier molecular flexibility index (Phi) is 2.96. The minimum atomic E-state index is 0.0171. The summed E-state index contributed by atoms with van der Waals surface area (Å²) in [6.45, 7) is 4.03. The number of hydrogen-bond donors (Lipinski definition) is 1. The van der Waals surface area contributed by atoms with Gasteiger partial charge in [0.05, 0.1) is 6.54 Å². The Labute approximate surface area is 127 Å². The fraction of sp³-hybridized carbons (Fsp3) is 0.312. The monoisotopic (exact) mass is 295 g/mol. The van der Waals surface area contributed by atoms with E-state index in [1.54, 1.807) is 0 Å². The molecule has 112 valence electrons. The lowest BCUT2D eigenvalue weighted by Crippen LogP contribution is -2.38. The van der Waals surface area contributed by atoms with Gasteiger partial charge in [0.15, 0.2) is 5.82 Å². The number of aromatic nitrogens is 4. The third-order valence-electron chi connectivity index (χ3n) is 4.19. The molecule has 0 radical (unpaired) electrons. The van der Waals surface area contributed by atoms with E-state index < -0.39 is 0 Å². The first-order chi connectivity index (χ1) is 10.8. The van der Waals surface area contributed by atoms with Crippen molar-refractivity contribution in [1.82, 2.24) is 24.6 Å². The number of benzene rings is 1. The second-order valence-corrected chi connectivity index (χ2v) is 5.53. The molecule has 1 N–H and O–H groups in total. The summed E-state index contributed by atoms with van der Waals surface area (Å²) in [5.74, 6) is 1.88. The normalized spacial score (nSPS) is 14.3. The van der Waals surface area contributed by atoms with Gasteiger partial charge in [0.1, 0.15) is 11.5 Å². The van der Waals surface area contributed by atoms with E-state index in [9.17, 15) is 4.79 Å². The Balaban J connectivity index is 1.61. The molecule has 0 fully saturated rings. The van der Waals surface area contributed by atoms with Crippen LogP contribution >= 0.6 is 0 Å². The zero-order valence-electron chi connectivity index (χ0n) is 12.4. The van der Waals surface area contributed by atoms with Gasteiger partial charge in [0, 0.05) is 30.4 Å². The third-order valence-corrected chi connectivity index (χ3v) is 4.19. The van der Waals surface area contributed by atoms with E-state index >= 15 is 0 Å². The van der Waals surface area contributed by atoms with Crippen LogP contribution < -0.4 is 0 Å². The molecule has 2 aromatic heterocycles. The molecule has 1 aliphatic heterocycles. The zero-order chi connectivity index (χ0) is 15.1. The molecule has 0 spiro atoms. The number of amides is 1. The van der Waals surface area contributed by atoms with Gasteiger partial charge in [-0.15, -0.1) is 10.2 Å². The molecular formula is C16H17N5O. The van der Waals surface area contributed by atoms with E-state index in [2.05, 4.69) is 26.7 Å². The van der Waals surface area contributed by atoms with Crippen LogP contribution in [0, 0.1) is 0 Å². The number of fused-ring (bicyclic) bond motifs is 2. The average Bonchev–Trinajstić information content (AvgIpc) is 3.17. The number of hydrogen-bond acceptors (Lipinski definition) is 3. The van der Waals surface area contributed by atoms with Crippen molar-refractivity contribution in [3.05, 3.63) is 47.7 Å². The van der Waals surface area contributed by atoms with E-state index in [4.69, 9.17) is 0 Å². The van der Waals surface area contributed by atoms with Crippen LogP contribution in [0.25, 0.3) is 10.9 Å². The van der Waals surface area contributed by atoms with Gasteiger partial charge in [-0.3, -0.25) is 4.79 Å². The number of H-pyrrole nitrogens is 1. The summed E-state index contributed by atoms with van der Waals surface area (Å²) in [7, 11) is 0. The molecular weight excluding hydrogens is 278 g/mol. The first-order valence-electron chi connectivity index (χ1n) is 7.54. The molecule has 0 aliphatic carbocycles. The highest BCUT2D eigenvalue weighted by Crippen LogP contribution is 2.19. The average molecular weight is 295 g/mol. The number of nitrogens with one attached hydrogen (secondary N) is 1. The number of nitrogens with zero attached hydrogens (tertiary/aromatic N) is 4. The third kappa shape index (κ3) is 1.99. The van der Waals surface area contributed by atoms with Crippen molar-refractivity contribution in [3.63, 3.8) is 0 Å². The molecule has 1 amide bonds. The maximum absolute atomic E-state index is 12.7. The van der Waals surface area contributed by atoms with Gasteiger partial charge in [0.2, 0.25) is 0 Å². The predicted molar refractivity (Wildman–Crippen MR) is 82.4 cm³/mol. The summed E-state index contributed by atoms with van der Waals surface area (Å²) in [6, 6.07) is 9.83. The molecule has 0 saturated heterocycles. The first kappa shape index (κ1) is 13.1. The maximum atomic E-state index is 12.7. The van der Waals surface area contributed by atoms with Crippen molar-refractivity contribution in [2.24, 2.45) is 0 Å². The lowest BCUT2D eigenvalue weighted by Gasteiger charge is -2.27. The van der Waals surface area contributed by atoms with Gasteiger partial charge in [-0.2, -0.15) is 0 Å². The number of aryl methyl sites for hydroxylation is 1. The molecule has 0 unspecified atom stereocenters. The smallest absolute Gasteiger partial charge is 0.270 e. The Morgan fingerprint density at radius 1 is 1.27 bits per heavy atom. The molecule has 3 aromatic rings. The predicted octanol–water partition coefficient (Wildman–Crippen LogP) is 1.98. The minimum absolute atomic E-state index is 0.0171. The summed E-state index contributed by atoms with van der Waals surface area (Å²) in [5.41, 5.74) is 1.61. The first-order valence-corrected chi connectivity index (χ1v) is 7.54. The van der Waals surface area contributed by atoms with Crippen LogP contribution in [0.3, 0.4) is 0 Å². The fourth-order valence-corrected chi connectivity index (χ4v) is 3.01. The van der Waals surface area contributed by atoms with Gasteiger partial charge < -0.3 is 14.5 Å². The van der Waals surface area contributed by atoms with Gasteiger partial charge in [-0.05, 0) is 12.1 Å². The molecule has 0 bridgehead atoms. The van der Waals surface area contributed by atoms with E-state index in [1.165, 1.54) is 0 Å². The van der Waals surface area contributed by atoms with E-state index in [0.29, 0.717) is 18.8 Å². The van der Waals surface area contributed by atoms with Crippen molar-refractivity contribution >= 4 is 16.8 Å². The highest BCUT2D eigenvalue weighted by atomic mass is 16.2. The Morgan fingerprint density at radius 3 is 2.95 bits per heavy atom. The molecule has 22 heavy (non-hydrogen) atoms. The molecule has 4 rings (SSSR count). The summed E-state index contributed by atoms with van der Waals surface area (Å²) < 4.78 is 2.12. The van der Waals surface area contributed by atoms with Crippen molar-refractivity contribution in [2.45, 2.75) is 26.4 Å². The van der Waals surface area contributed by atoms with Gasteiger partial charge in [-0.1, -0.05) is 25.1 Å². The van der Waals surface area contributed by atoms with Gasteiger partial charge >= 0.3 is 0 Å². The molecule has 1 aliphatic rings. The number of carbonyl (C=O) groups is 1. The number of para-hydroxylation sites is 1. The van der Waals surface area contributed by atoms with Gasteiger partial charge in [-0.25, -0.2) is 0 Å². The molecule has 0 atom stereocenters. The number of rotatable bonds is 2. The van der Waals surface area contributed by atoms with Crippen LogP contribution in [0.2, 0.25) is 0 Å². The largest absolute Gasteiger partial charge is 0.351 e. The molecule has 6 nitrogen and oxygen atoms in total. The molecule has 1 aromatic carbocycles. The SMILES string of the molecule is CCc1nnc2n1CCN(C(=O)c1cc3ccccc3[nH]1)C2. The second kappa shape index (κ2) is 4.98. The summed E-state index contributed by atoms with van der Waals surface area (Å²) in [5, 5.41) is 9.45. The zero-order valence-corrected chi connectivity index (χ0v) is 12.4. The summed E-state index contributed by atoms with van der Waals surface area (Å²) in [4.78, 5) is 17.7.